The number of ether oxygens (including phenoxy) is 1. The molecule has 0 spiro atoms. The Balaban J connectivity index is 1.72. The van der Waals surface area contributed by atoms with Gasteiger partial charge < -0.3 is 14.5 Å². The number of amides is 1. The van der Waals surface area contributed by atoms with Crippen molar-refractivity contribution in [3.63, 3.8) is 0 Å². The monoisotopic (exact) mass is 264 g/mol. The lowest BCUT2D eigenvalue weighted by Gasteiger charge is -2.33. The highest BCUT2D eigenvalue weighted by atomic mass is 16.5. The molecule has 0 bridgehead atoms. The molecule has 1 aromatic rings. The van der Waals surface area contributed by atoms with Crippen molar-refractivity contribution in [1.82, 2.24) is 20.0 Å². The van der Waals surface area contributed by atoms with Crippen LogP contribution in [-0.4, -0.2) is 65.2 Å². The first-order valence-corrected chi connectivity index (χ1v) is 6.95. The van der Waals surface area contributed by atoms with E-state index in [-0.39, 0.29) is 5.91 Å². The third-order valence-corrected chi connectivity index (χ3v) is 4.00. The first-order valence-electron chi connectivity index (χ1n) is 6.95. The lowest BCUT2D eigenvalue weighted by Crippen LogP contribution is -2.48. The minimum Gasteiger partial charge on any atom is -0.376 e. The number of nitrogens with one attached hydrogen (secondary N) is 1. The van der Waals surface area contributed by atoms with Gasteiger partial charge in [-0.2, -0.15) is 5.10 Å². The number of hydrogen-bond donors (Lipinski definition) is 1. The fourth-order valence-electron chi connectivity index (χ4n) is 2.71. The van der Waals surface area contributed by atoms with Crippen LogP contribution in [0.1, 0.15) is 28.7 Å². The molecule has 3 rings (SSSR count). The normalized spacial score (nSPS) is 20.4. The molecule has 0 radical (unpaired) electrons. The number of carbonyl (C=O) groups is 1. The zero-order valence-corrected chi connectivity index (χ0v) is 11.3. The van der Waals surface area contributed by atoms with E-state index in [0.717, 1.165) is 50.4 Å². The van der Waals surface area contributed by atoms with Gasteiger partial charge in [0.25, 0.3) is 5.91 Å². The van der Waals surface area contributed by atoms with Crippen LogP contribution in [0.4, 0.5) is 0 Å². The maximum Gasteiger partial charge on any atom is 0.274 e. The van der Waals surface area contributed by atoms with Crippen molar-refractivity contribution in [3.05, 3.63) is 17.0 Å². The summed E-state index contributed by atoms with van der Waals surface area (Å²) in [5, 5.41) is 7.18. The molecule has 19 heavy (non-hydrogen) atoms. The van der Waals surface area contributed by atoms with Crippen LogP contribution in [0.15, 0.2) is 0 Å². The Hall–Kier alpha value is -1.40. The van der Waals surface area contributed by atoms with Gasteiger partial charge in [0.1, 0.15) is 0 Å². The maximum absolute atomic E-state index is 12.5. The summed E-state index contributed by atoms with van der Waals surface area (Å²) in [5.74, 6) is 0.0405. The highest BCUT2D eigenvalue weighted by Gasteiger charge is 2.27. The van der Waals surface area contributed by atoms with E-state index in [2.05, 4.69) is 22.0 Å². The predicted molar refractivity (Wildman–Crippen MR) is 70.0 cm³/mol. The minimum absolute atomic E-state index is 0.0405. The molecule has 1 saturated heterocycles. The number of hydrogen-bond acceptors (Lipinski definition) is 4. The standard InChI is InChI=1S/C13H20N4O2/c1-2-16-4-6-17(7-5-16)13(18)12-10-9-19-8-3-11(10)14-15-12/h2-9H2,1H3,(H,14,15). The number of likely N-dealkylation sites (N-methyl/N-ethyl adjacent to an activating group) is 1. The molecular formula is C13H20N4O2. The van der Waals surface area contributed by atoms with E-state index >= 15 is 0 Å². The zero-order valence-electron chi connectivity index (χ0n) is 11.3. The fraction of sp³-hybridized carbons (Fsp3) is 0.692. The molecule has 104 valence electrons. The average molecular weight is 264 g/mol. The van der Waals surface area contributed by atoms with Crippen molar-refractivity contribution in [1.29, 1.82) is 0 Å². The summed E-state index contributed by atoms with van der Waals surface area (Å²) in [5.41, 5.74) is 2.57. The van der Waals surface area contributed by atoms with Gasteiger partial charge >= 0.3 is 0 Å². The van der Waals surface area contributed by atoms with Gasteiger partial charge in [0, 0.05) is 43.9 Å². The number of nitrogens with zero attached hydrogens (tertiary/aromatic N) is 3. The van der Waals surface area contributed by atoms with E-state index in [9.17, 15) is 4.79 Å². The number of rotatable bonds is 2. The first kappa shape index (κ1) is 12.6. The largest absolute Gasteiger partial charge is 0.376 e. The maximum atomic E-state index is 12.5. The van der Waals surface area contributed by atoms with Crippen LogP contribution in [0.5, 0.6) is 0 Å². The van der Waals surface area contributed by atoms with Crippen LogP contribution in [0.25, 0.3) is 0 Å². The molecule has 0 aliphatic carbocycles. The molecular weight excluding hydrogens is 244 g/mol. The van der Waals surface area contributed by atoms with Crippen molar-refractivity contribution < 1.29 is 9.53 Å². The summed E-state index contributed by atoms with van der Waals surface area (Å²) in [4.78, 5) is 16.8. The molecule has 3 heterocycles. The zero-order chi connectivity index (χ0) is 13.2. The van der Waals surface area contributed by atoms with Crippen molar-refractivity contribution in [3.8, 4) is 0 Å². The van der Waals surface area contributed by atoms with Gasteiger partial charge in [-0.15, -0.1) is 0 Å². The molecule has 1 fully saturated rings. The molecule has 0 saturated carbocycles. The number of fused-ring (bicyclic) bond motifs is 1. The van der Waals surface area contributed by atoms with Crippen LogP contribution in [0.3, 0.4) is 0 Å². The highest BCUT2D eigenvalue weighted by molar-refractivity contribution is 5.94. The Bertz CT molecular complexity index is 463. The SMILES string of the molecule is CCN1CCN(C(=O)c2n[nH]c3c2COCC3)CC1. The van der Waals surface area contributed by atoms with Crippen molar-refractivity contribution in [2.75, 3.05) is 39.3 Å². The molecule has 1 aromatic heterocycles. The number of aromatic nitrogens is 2. The van der Waals surface area contributed by atoms with Crippen molar-refractivity contribution in [2.24, 2.45) is 0 Å². The molecule has 0 aromatic carbocycles. The molecule has 0 atom stereocenters. The molecule has 6 nitrogen and oxygen atoms in total. The Morgan fingerprint density at radius 3 is 2.89 bits per heavy atom. The molecule has 1 amide bonds. The van der Waals surface area contributed by atoms with Crippen LogP contribution < -0.4 is 0 Å². The summed E-state index contributed by atoms with van der Waals surface area (Å²) in [7, 11) is 0. The predicted octanol–water partition coefficient (Wildman–Crippen LogP) is 0.260. The van der Waals surface area contributed by atoms with Gasteiger partial charge in [0.2, 0.25) is 0 Å². The highest BCUT2D eigenvalue weighted by Crippen LogP contribution is 2.20. The van der Waals surface area contributed by atoms with E-state index in [1.807, 2.05) is 4.90 Å². The van der Waals surface area contributed by atoms with Gasteiger partial charge in [-0.25, -0.2) is 0 Å². The Kier molecular flexibility index (Phi) is 3.52. The summed E-state index contributed by atoms with van der Waals surface area (Å²) >= 11 is 0. The van der Waals surface area contributed by atoms with E-state index < -0.39 is 0 Å². The Morgan fingerprint density at radius 2 is 2.16 bits per heavy atom. The number of H-pyrrole nitrogens is 1. The molecule has 2 aliphatic rings. The van der Waals surface area contributed by atoms with Crippen LogP contribution in [-0.2, 0) is 17.8 Å². The molecule has 6 heteroatoms. The van der Waals surface area contributed by atoms with Gasteiger partial charge in [-0.05, 0) is 6.54 Å². The van der Waals surface area contributed by atoms with Gasteiger partial charge in [0.15, 0.2) is 5.69 Å². The van der Waals surface area contributed by atoms with Crippen LogP contribution in [0, 0.1) is 0 Å². The second-order valence-corrected chi connectivity index (χ2v) is 5.06. The minimum atomic E-state index is 0.0405. The number of aromatic amines is 1. The third-order valence-electron chi connectivity index (χ3n) is 4.00. The van der Waals surface area contributed by atoms with Crippen LogP contribution >= 0.6 is 0 Å². The van der Waals surface area contributed by atoms with Gasteiger partial charge in [-0.1, -0.05) is 6.92 Å². The average Bonchev–Trinajstić information content (AvgIpc) is 2.90. The lowest BCUT2D eigenvalue weighted by atomic mass is 10.1. The van der Waals surface area contributed by atoms with Crippen molar-refractivity contribution in [2.45, 2.75) is 20.0 Å². The summed E-state index contributed by atoms with van der Waals surface area (Å²) in [6.07, 6.45) is 0.819. The van der Waals surface area contributed by atoms with Crippen molar-refractivity contribution >= 4 is 5.91 Å². The number of piperazine rings is 1. The summed E-state index contributed by atoms with van der Waals surface area (Å²) in [6.45, 7) is 7.88. The summed E-state index contributed by atoms with van der Waals surface area (Å²) in [6, 6.07) is 0. The van der Waals surface area contributed by atoms with E-state index in [0.29, 0.717) is 18.9 Å². The van der Waals surface area contributed by atoms with Gasteiger partial charge in [0.05, 0.1) is 13.2 Å². The molecule has 1 N–H and O–H groups in total. The first-order chi connectivity index (χ1) is 9.29. The van der Waals surface area contributed by atoms with E-state index in [1.165, 1.54) is 0 Å². The third kappa shape index (κ3) is 2.37. The van der Waals surface area contributed by atoms with E-state index in [1.54, 1.807) is 0 Å². The molecule has 0 unspecified atom stereocenters. The van der Waals surface area contributed by atoms with Gasteiger partial charge in [-0.3, -0.25) is 9.89 Å². The summed E-state index contributed by atoms with van der Waals surface area (Å²) < 4.78 is 5.43. The Morgan fingerprint density at radius 1 is 1.37 bits per heavy atom. The topological polar surface area (TPSA) is 61.5 Å². The lowest BCUT2D eigenvalue weighted by molar-refractivity contribution is 0.0627. The van der Waals surface area contributed by atoms with E-state index in [4.69, 9.17) is 4.74 Å². The molecule has 2 aliphatic heterocycles. The Labute approximate surface area is 112 Å². The smallest absolute Gasteiger partial charge is 0.274 e. The second kappa shape index (κ2) is 5.30. The fourth-order valence-corrected chi connectivity index (χ4v) is 2.71. The number of carbonyl (C=O) groups excluding carboxylic acids is 1. The second-order valence-electron chi connectivity index (χ2n) is 5.06. The quantitative estimate of drug-likeness (QED) is 0.832. The van der Waals surface area contributed by atoms with Crippen LogP contribution in [0.2, 0.25) is 0 Å².